The monoisotopic (exact) mass is 265 g/mol. The summed E-state index contributed by atoms with van der Waals surface area (Å²) in [5, 5.41) is 8.89. The molecule has 2 aromatic rings. The van der Waals surface area contributed by atoms with E-state index in [4.69, 9.17) is 0 Å². The van der Waals surface area contributed by atoms with Gasteiger partial charge in [-0.15, -0.1) is 5.10 Å². The van der Waals surface area contributed by atoms with Gasteiger partial charge in [0.15, 0.2) is 0 Å². The van der Waals surface area contributed by atoms with Crippen molar-refractivity contribution in [3.63, 3.8) is 0 Å². The molecule has 78 valence electrons. The standard InChI is InChI=1S/C11H12BrN3/c1-2-9-5-3-4-6-11(9)15-8-10(7-12)13-14-15/h3-6,8H,2,7H2,1H3. The van der Waals surface area contributed by atoms with E-state index in [0.29, 0.717) is 0 Å². The first-order valence-corrected chi connectivity index (χ1v) is 6.02. The molecule has 1 heterocycles. The lowest BCUT2D eigenvalue weighted by atomic mass is 10.1. The zero-order valence-corrected chi connectivity index (χ0v) is 10.1. The van der Waals surface area contributed by atoms with E-state index in [1.165, 1.54) is 5.56 Å². The minimum Gasteiger partial charge on any atom is -0.220 e. The molecular formula is C11H12BrN3. The van der Waals surface area contributed by atoms with Crippen LogP contribution < -0.4 is 0 Å². The lowest BCUT2D eigenvalue weighted by Gasteiger charge is -2.05. The van der Waals surface area contributed by atoms with Crippen LogP contribution in [0.5, 0.6) is 0 Å². The summed E-state index contributed by atoms with van der Waals surface area (Å²) in [6.45, 7) is 2.14. The largest absolute Gasteiger partial charge is 0.220 e. The van der Waals surface area contributed by atoms with Crippen LogP contribution in [0.25, 0.3) is 5.69 Å². The highest BCUT2D eigenvalue weighted by atomic mass is 79.9. The molecule has 1 aromatic carbocycles. The molecule has 0 aliphatic carbocycles. The van der Waals surface area contributed by atoms with E-state index < -0.39 is 0 Å². The van der Waals surface area contributed by atoms with Crippen LogP contribution in [0.3, 0.4) is 0 Å². The third-order valence-electron chi connectivity index (χ3n) is 2.30. The molecule has 2 rings (SSSR count). The van der Waals surface area contributed by atoms with Gasteiger partial charge in [-0.2, -0.15) is 0 Å². The molecule has 15 heavy (non-hydrogen) atoms. The van der Waals surface area contributed by atoms with Crippen molar-refractivity contribution in [3.05, 3.63) is 41.7 Å². The molecule has 0 N–H and O–H groups in total. The summed E-state index contributed by atoms with van der Waals surface area (Å²) in [5.41, 5.74) is 3.34. The summed E-state index contributed by atoms with van der Waals surface area (Å²) < 4.78 is 1.83. The number of para-hydroxylation sites is 1. The Morgan fingerprint density at radius 3 is 2.80 bits per heavy atom. The number of hydrogen-bond donors (Lipinski definition) is 0. The SMILES string of the molecule is CCc1ccccc1-n1cc(CBr)nn1. The van der Waals surface area contributed by atoms with E-state index in [1.54, 1.807) is 0 Å². The highest BCUT2D eigenvalue weighted by Crippen LogP contribution is 2.14. The highest BCUT2D eigenvalue weighted by molar-refractivity contribution is 9.08. The highest BCUT2D eigenvalue weighted by Gasteiger charge is 2.04. The average molecular weight is 266 g/mol. The molecule has 0 aliphatic rings. The number of nitrogens with zero attached hydrogens (tertiary/aromatic N) is 3. The van der Waals surface area contributed by atoms with Crippen LogP contribution in [0, 0.1) is 0 Å². The Morgan fingerprint density at radius 1 is 1.33 bits per heavy atom. The molecular weight excluding hydrogens is 254 g/mol. The van der Waals surface area contributed by atoms with Gasteiger partial charge in [-0.1, -0.05) is 46.3 Å². The second-order valence-corrected chi connectivity index (χ2v) is 3.83. The summed E-state index contributed by atoms with van der Waals surface area (Å²) in [7, 11) is 0. The number of hydrogen-bond acceptors (Lipinski definition) is 2. The first-order valence-electron chi connectivity index (χ1n) is 4.90. The van der Waals surface area contributed by atoms with Crippen LogP contribution in [0.2, 0.25) is 0 Å². The summed E-state index contributed by atoms with van der Waals surface area (Å²) in [4.78, 5) is 0. The van der Waals surface area contributed by atoms with Gasteiger partial charge in [0, 0.05) is 5.33 Å². The summed E-state index contributed by atoms with van der Waals surface area (Å²) in [6.07, 6.45) is 2.95. The van der Waals surface area contributed by atoms with Crippen LogP contribution in [0.15, 0.2) is 30.5 Å². The van der Waals surface area contributed by atoms with Crippen molar-refractivity contribution in [2.24, 2.45) is 0 Å². The molecule has 3 nitrogen and oxygen atoms in total. The van der Waals surface area contributed by atoms with Gasteiger partial charge >= 0.3 is 0 Å². The second kappa shape index (κ2) is 4.57. The van der Waals surface area contributed by atoms with Gasteiger partial charge in [-0.3, -0.25) is 0 Å². The molecule has 0 radical (unpaired) electrons. The zero-order valence-electron chi connectivity index (χ0n) is 8.52. The maximum absolute atomic E-state index is 4.10. The quantitative estimate of drug-likeness (QED) is 0.800. The van der Waals surface area contributed by atoms with E-state index in [9.17, 15) is 0 Å². The molecule has 4 heteroatoms. The van der Waals surface area contributed by atoms with Gasteiger partial charge in [0.05, 0.1) is 17.6 Å². The van der Waals surface area contributed by atoms with Gasteiger partial charge in [0.1, 0.15) is 0 Å². The first-order chi connectivity index (χ1) is 7.35. The van der Waals surface area contributed by atoms with Crippen molar-refractivity contribution in [1.29, 1.82) is 0 Å². The topological polar surface area (TPSA) is 30.7 Å². The van der Waals surface area contributed by atoms with Gasteiger partial charge in [0.2, 0.25) is 0 Å². The Kier molecular flexibility index (Phi) is 3.16. The van der Waals surface area contributed by atoms with Crippen molar-refractivity contribution < 1.29 is 0 Å². The minimum atomic E-state index is 0.737. The Balaban J connectivity index is 2.44. The van der Waals surface area contributed by atoms with E-state index >= 15 is 0 Å². The van der Waals surface area contributed by atoms with Gasteiger partial charge in [-0.25, -0.2) is 4.68 Å². The summed E-state index contributed by atoms with van der Waals surface area (Å²) in [5.74, 6) is 0. The number of aromatic nitrogens is 3. The lowest BCUT2D eigenvalue weighted by molar-refractivity contribution is 0.791. The van der Waals surface area contributed by atoms with Crippen LogP contribution in [-0.4, -0.2) is 15.0 Å². The molecule has 0 saturated heterocycles. The number of benzene rings is 1. The fourth-order valence-corrected chi connectivity index (χ4v) is 1.77. The third-order valence-corrected chi connectivity index (χ3v) is 2.87. The predicted molar refractivity (Wildman–Crippen MR) is 63.4 cm³/mol. The molecule has 0 aliphatic heterocycles. The number of halogens is 1. The molecule has 0 spiro atoms. The number of alkyl halides is 1. The van der Waals surface area contributed by atoms with Gasteiger partial charge < -0.3 is 0 Å². The van der Waals surface area contributed by atoms with Crippen molar-refractivity contribution >= 4 is 15.9 Å². The maximum atomic E-state index is 4.10. The Bertz CT molecular complexity index is 451. The Hall–Kier alpha value is -1.16. The fraction of sp³-hybridized carbons (Fsp3) is 0.273. The molecule has 1 aromatic heterocycles. The van der Waals surface area contributed by atoms with Crippen molar-refractivity contribution in [2.45, 2.75) is 18.7 Å². The van der Waals surface area contributed by atoms with E-state index in [0.717, 1.165) is 23.1 Å². The first kappa shape index (κ1) is 10.4. The molecule has 0 atom stereocenters. The van der Waals surface area contributed by atoms with Crippen molar-refractivity contribution in [2.75, 3.05) is 0 Å². The molecule has 0 saturated carbocycles. The van der Waals surface area contributed by atoms with E-state index in [1.807, 2.05) is 23.0 Å². The van der Waals surface area contributed by atoms with Crippen LogP contribution in [0.1, 0.15) is 18.2 Å². The number of rotatable bonds is 3. The van der Waals surface area contributed by atoms with Gasteiger partial charge in [-0.05, 0) is 18.1 Å². The van der Waals surface area contributed by atoms with E-state index in [-0.39, 0.29) is 0 Å². The van der Waals surface area contributed by atoms with Crippen LogP contribution in [-0.2, 0) is 11.8 Å². The molecule has 0 bridgehead atoms. The summed E-state index contributed by atoms with van der Waals surface area (Å²) in [6, 6.07) is 8.24. The predicted octanol–water partition coefficient (Wildman–Crippen LogP) is 2.72. The smallest absolute Gasteiger partial charge is 0.0937 e. The maximum Gasteiger partial charge on any atom is 0.0937 e. The van der Waals surface area contributed by atoms with Gasteiger partial charge in [0.25, 0.3) is 0 Å². The summed E-state index contributed by atoms with van der Waals surface area (Å²) >= 11 is 3.36. The zero-order chi connectivity index (χ0) is 10.7. The average Bonchev–Trinajstić information content (AvgIpc) is 2.77. The molecule has 0 amide bonds. The Morgan fingerprint density at radius 2 is 2.13 bits per heavy atom. The van der Waals surface area contributed by atoms with Crippen LogP contribution >= 0.6 is 15.9 Å². The fourth-order valence-electron chi connectivity index (χ4n) is 1.51. The van der Waals surface area contributed by atoms with E-state index in [2.05, 4.69) is 45.3 Å². The second-order valence-electron chi connectivity index (χ2n) is 3.27. The molecule has 0 fully saturated rings. The Labute approximate surface area is 97.2 Å². The number of aryl methyl sites for hydroxylation is 1. The van der Waals surface area contributed by atoms with Crippen molar-refractivity contribution in [1.82, 2.24) is 15.0 Å². The molecule has 0 unspecified atom stereocenters. The minimum absolute atomic E-state index is 0.737. The normalized spacial score (nSPS) is 10.5. The van der Waals surface area contributed by atoms with Crippen molar-refractivity contribution in [3.8, 4) is 5.69 Å². The lowest BCUT2D eigenvalue weighted by Crippen LogP contribution is -1.99. The van der Waals surface area contributed by atoms with Crippen LogP contribution in [0.4, 0.5) is 0 Å². The third kappa shape index (κ3) is 2.09.